The van der Waals surface area contributed by atoms with Crippen LogP contribution in [0.4, 0.5) is 0 Å². The zero-order chi connectivity index (χ0) is 10.3. The number of hydrogen-bond acceptors (Lipinski definition) is 1. The fraction of sp³-hybridized carbons (Fsp3) is 0.385. The van der Waals surface area contributed by atoms with Crippen LogP contribution in [-0.2, 0) is 11.2 Å². The number of nitrogens with one attached hydrogen (secondary N) is 1. The van der Waals surface area contributed by atoms with Gasteiger partial charge in [-0.2, -0.15) is 0 Å². The highest BCUT2D eigenvalue weighted by atomic mass is 16.5. The maximum Gasteiger partial charge on any atom is 0.0717 e. The fourth-order valence-corrected chi connectivity index (χ4v) is 2.27. The van der Waals surface area contributed by atoms with E-state index in [1.165, 1.54) is 22.9 Å². The third-order valence-corrected chi connectivity index (χ3v) is 3.32. The van der Waals surface area contributed by atoms with Crippen LogP contribution < -0.4 is 0 Å². The number of aromatic amines is 1. The quantitative estimate of drug-likeness (QED) is 0.794. The topological polar surface area (TPSA) is 25.0 Å². The van der Waals surface area contributed by atoms with Gasteiger partial charge in [-0.1, -0.05) is 18.2 Å². The molecule has 1 aliphatic rings. The van der Waals surface area contributed by atoms with E-state index in [9.17, 15) is 0 Å². The van der Waals surface area contributed by atoms with Gasteiger partial charge in [0.25, 0.3) is 0 Å². The van der Waals surface area contributed by atoms with Crippen LogP contribution in [0.25, 0.3) is 10.9 Å². The van der Waals surface area contributed by atoms with Gasteiger partial charge < -0.3 is 9.72 Å². The maximum absolute atomic E-state index is 5.63. The molecule has 1 aromatic carbocycles. The standard InChI is InChI=1S/C13H15NO/c1-13(6-7-15-13)8-10-9-14-12-5-3-2-4-11(10)12/h2-5,9,14H,6-8H2,1H3. The number of hydrogen-bond donors (Lipinski definition) is 1. The Morgan fingerprint density at radius 1 is 1.40 bits per heavy atom. The first-order valence-corrected chi connectivity index (χ1v) is 5.46. The molecular formula is C13H15NO. The summed E-state index contributed by atoms with van der Waals surface area (Å²) in [5.41, 5.74) is 2.66. The summed E-state index contributed by atoms with van der Waals surface area (Å²) in [7, 11) is 0. The number of para-hydroxylation sites is 1. The van der Waals surface area contributed by atoms with Crippen molar-refractivity contribution in [3.8, 4) is 0 Å². The van der Waals surface area contributed by atoms with Crippen molar-refractivity contribution in [1.29, 1.82) is 0 Å². The molecule has 0 saturated carbocycles. The number of fused-ring (bicyclic) bond motifs is 1. The summed E-state index contributed by atoms with van der Waals surface area (Å²) < 4.78 is 5.63. The third-order valence-electron chi connectivity index (χ3n) is 3.32. The van der Waals surface area contributed by atoms with Crippen LogP contribution in [0.1, 0.15) is 18.9 Å². The van der Waals surface area contributed by atoms with E-state index in [4.69, 9.17) is 4.74 Å². The first-order chi connectivity index (χ1) is 7.27. The Morgan fingerprint density at radius 3 is 2.93 bits per heavy atom. The van der Waals surface area contributed by atoms with E-state index in [2.05, 4.69) is 42.4 Å². The smallest absolute Gasteiger partial charge is 0.0717 e. The van der Waals surface area contributed by atoms with E-state index >= 15 is 0 Å². The van der Waals surface area contributed by atoms with Gasteiger partial charge in [-0.25, -0.2) is 0 Å². The molecule has 2 nitrogen and oxygen atoms in total. The zero-order valence-electron chi connectivity index (χ0n) is 8.92. The number of benzene rings is 1. The molecule has 2 aromatic rings. The second-order valence-electron chi connectivity index (χ2n) is 4.58. The third kappa shape index (κ3) is 1.45. The van der Waals surface area contributed by atoms with Crippen molar-refractivity contribution in [1.82, 2.24) is 4.98 Å². The molecule has 0 spiro atoms. The highest BCUT2D eigenvalue weighted by Gasteiger charge is 2.33. The second-order valence-corrected chi connectivity index (χ2v) is 4.58. The molecular weight excluding hydrogens is 186 g/mol. The van der Waals surface area contributed by atoms with E-state index in [0.29, 0.717) is 0 Å². The number of ether oxygens (including phenoxy) is 1. The Balaban J connectivity index is 1.97. The van der Waals surface area contributed by atoms with Gasteiger partial charge in [-0.05, 0) is 25.0 Å². The molecule has 78 valence electrons. The van der Waals surface area contributed by atoms with Gasteiger partial charge in [0, 0.05) is 23.5 Å². The Bertz CT molecular complexity index is 482. The van der Waals surface area contributed by atoms with Crippen LogP contribution in [0.2, 0.25) is 0 Å². The van der Waals surface area contributed by atoms with Crippen molar-refractivity contribution < 1.29 is 4.74 Å². The highest BCUT2D eigenvalue weighted by Crippen LogP contribution is 2.32. The average Bonchev–Trinajstić information content (AvgIpc) is 2.60. The first kappa shape index (κ1) is 8.98. The van der Waals surface area contributed by atoms with Crippen LogP contribution in [-0.4, -0.2) is 17.2 Å². The van der Waals surface area contributed by atoms with Gasteiger partial charge in [-0.15, -0.1) is 0 Å². The molecule has 0 bridgehead atoms. The predicted octanol–water partition coefficient (Wildman–Crippen LogP) is 2.89. The van der Waals surface area contributed by atoms with Gasteiger partial charge in [0.2, 0.25) is 0 Å². The van der Waals surface area contributed by atoms with Crippen molar-refractivity contribution in [3.05, 3.63) is 36.0 Å². The largest absolute Gasteiger partial charge is 0.375 e. The Labute approximate surface area is 89.3 Å². The van der Waals surface area contributed by atoms with Crippen LogP contribution in [0.5, 0.6) is 0 Å². The first-order valence-electron chi connectivity index (χ1n) is 5.46. The van der Waals surface area contributed by atoms with Crippen molar-refractivity contribution in [2.24, 2.45) is 0 Å². The lowest BCUT2D eigenvalue weighted by Crippen LogP contribution is -2.42. The Morgan fingerprint density at radius 2 is 2.20 bits per heavy atom. The predicted molar refractivity (Wildman–Crippen MR) is 61.0 cm³/mol. The lowest BCUT2D eigenvalue weighted by Gasteiger charge is -2.38. The lowest BCUT2D eigenvalue weighted by molar-refractivity contribution is -0.132. The minimum absolute atomic E-state index is 0.0744. The SMILES string of the molecule is CC1(Cc2c[nH]c3ccccc23)CCO1. The molecule has 1 aliphatic heterocycles. The summed E-state index contributed by atoms with van der Waals surface area (Å²) in [6.07, 6.45) is 4.29. The summed E-state index contributed by atoms with van der Waals surface area (Å²) in [6.45, 7) is 3.11. The minimum atomic E-state index is 0.0744. The maximum atomic E-state index is 5.63. The minimum Gasteiger partial charge on any atom is -0.375 e. The van der Waals surface area contributed by atoms with E-state index in [1.54, 1.807) is 0 Å². The average molecular weight is 201 g/mol. The number of rotatable bonds is 2. The summed E-state index contributed by atoms with van der Waals surface area (Å²) in [5.74, 6) is 0. The number of aromatic nitrogens is 1. The van der Waals surface area contributed by atoms with Crippen LogP contribution in [0.15, 0.2) is 30.5 Å². The van der Waals surface area contributed by atoms with Crippen LogP contribution >= 0.6 is 0 Å². The van der Waals surface area contributed by atoms with Gasteiger partial charge in [0.05, 0.1) is 12.2 Å². The second kappa shape index (κ2) is 3.11. The van der Waals surface area contributed by atoms with Crippen molar-refractivity contribution in [2.75, 3.05) is 6.61 Å². The molecule has 1 N–H and O–H groups in total. The van der Waals surface area contributed by atoms with Gasteiger partial charge in [0.1, 0.15) is 0 Å². The van der Waals surface area contributed by atoms with Crippen molar-refractivity contribution >= 4 is 10.9 Å². The molecule has 1 unspecified atom stereocenters. The van der Waals surface area contributed by atoms with Gasteiger partial charge in [-0.3, -0.25) is 0 Å². The van der Waals surface area contributed by atoms with Crippen LogP contribution in [0.3, 0.4) is 0 Å². The normalized spacial score (nSPS) is 25.4. The summed E-state index contributed by atoms with van der Waals surface area (Å²) in [4.78, 5) is 3.30. The molecule has 1 saturated heterocycles. The van der Waals surface area contributed by atoms with Crippen LogP contribution in [0, 0.1) is 0 Å². The van der Waals surface area contributed by atoms with Crippen molar-refractivity contribution in [2.45, 2.75) is 25.4 Å². The molecule has 2 heterocycles. The molecule has 1 fully saturated rings. The zero-order valence-corrected chi connectivity index (χ0v) is 8.92. The van der Waals surface area contributed by atoms with Crippen molar-refractivity contribution in [3.63, 3.8) is 0 Å². The Hall–Kier alpha value is -1.28. The lowest BCUT2D eigenvalue weighted by atomic mass is 9.89. The molecule has 15 heavy (non-hydrogen) atoms. The van der Waals surface area contributed by atoms with Gasteiger partial charge in [0.15, 0.2) is 0 Å². The number of H-pyrrole nitrogens is 1. The summed E-state index contributed by atoms with van der Waals surface area (Å²) >= 11 is 0. The molecule has 3 rings (SSSR count). The fourth-order valence-electron chi connectivity index (χ4n) is 2.27. The Kier molecular flexibility index (Phi) is 1.86. The van der Waals surface area contributed by atoms with E-state index in [0.717, 1.165) is 13.0 Å². The van der Waals surface area contributed by atoms with E-state index in [1.807, 2.05) is 0 Å². The molecule has 1 aromatic heterocycles. The molecule has 1 atom stereocenters. The monoisotopic (exact) mass is 201 g/mol. The highest BCUT2D eigenvalue weighted by molar-refractivity contribution is 5.83. The molecule has 0 aliphatic carbocycles. The summed E-state index contributed by atoms with van der Waals surface area (Å²) in [5, 5.41) is 1.33. The van der Waals surface area contributed by atoms with Gasteiger partial charge >= 0.3 is 0 Å². The molecule has 2 heteroatoms. The molecule has 0 amide bonds. The van der Waals surface area contributed by atoms with E-state index < -0.39 is 0 Å². The molecule has 0 radical (unpaired) electrons. The van der Waals surface area contributed by atoms with E-state index in [-0.39, 0.29) is 5.60 Å². The summed E-state index contributed by atoms with van der Waals surface area (Å²) in [6, 6.07) is 8.43.